The topological polar surface area (TPSA) is 83.5 Å². The molecule has 0 radical (unpaired) electrons. The fraction of sp³-hybridized carbons (Fsp3) is 0.821. The Morgan fingerprint density at radius 1 is 0.609 bits per heavy atom. The van der Waals surface area contributed by atoms with Crippen molar-refractivity contribution in [2.45, 2.75) is 167 Å². The Hall–Kier alpha value is -1.67. The molecule has 0 saturated carbocycles. The second-order valence-corrected chi connectivity index (χ2v) is 12.7. The second kappa shape index (κ2) is 33.2. The van der Waals surface area contributed by atoms with Gasteiger partial charge in [-0.1, -0.05) is 121 Å². The van der Waals surface area contributed by atoms with Gasteiger partial charge in [0.2, 0.25) is 0 Å². The van der Waals surface area contributed by atoms with Crippen LogP contribution in [0.25, 0.3) is 0 Å². The smallest absolute Gasteiger partial charge is 0.434 e. The van der Waals surface area contributed by atoms with Crippen LogP contribution in [0, 0.1) is 0 Å². The van der Waals surface area contributed by atoms with Gasteiger partial charge < -0.3 is 28.8 Å². The first-order chi connectivity index (χ1) is 22.7. The van der Waals surface area contributed by atoms with Crippen LogP contribution in [-0.4, -0.2) is 63.1 Å². The molecular weight excluding hydrogens is 580 g/mol. The molecule has 1 N–H and O–H groups in total. The van der Waals surface area contributed by atoms with Crippen LogP contribution >= 0.6 is 0 Å². The molecule has 1 aromatic carbocycles. The third-order valence-electron chi connectivity index (χ3n) is 8.30. The van der Waals surface area contributed by atoms with Crippen LogP contribution in [0.5, 0.6) is 0 Å². The van der Waals surface area contributed by atoms with Gasteiger partial charge in [0.05, 0.1) is 26.4 Å². The van der Waals surface area contributed by atoms with Crippen molar-refractivity contribution in [1.29, 1.82) is 0 Å². The van der Waals surface area contributed by atoms with Crippen molar-refractivity contribution in [2.75, 3.05) is 39.6 Å². The summed E-state index contributed by atoms with van der Waals surface area (Å²) in [7, 11) is 0. The van der Waals surface area contributed by atoms with Crippen molar-refractivity contribution in [1.82, 2.24) is 0 Å². The number of carbonyl (C=O) groups is 1. The van der Waals surface area contributed by atoms with E-state index in [9.17, 15) is 4.79 Å². The van der Waals surface area contributed by atoms with Crippen molar-refractivity contribution < 1.29 is 33.6 Å². The molecule has 0 aliphatic carbocycles. The summed E-state index contributed by atoms with van der Waals surface area (Å²) in [5.41, 5.74) is 1.15. The van der Waals surface area contributed by atoms with Gasteiger partial charge in [-0.05, 0) is 63.4 Å². The second-order valence-electron chi connectivity index (χ2n) is 12.7. The van der Waals surface area contributed by atoms with Crippen LogP contribution in [0.2, 0.25) is 0 Å². The van der Waals surface area contributed by atoms with Crippen LogP contribution in [0.3, 0.4) is 0 Å². The molecule has 0 saturated heterocycles. The lowest BCUT2D eigenvalue weighted by molar-refractivity contribution is -0.0645. The normalized spacial score (nSPS) is 12.7. The van der Waals surface area contributed by atoms with E-state index in [-0.39, 0.29) is 18.8 Å². The maximum atomic E-state index is 12.4. The average molecular weight is 651 g/mol. The number of hydrogen-bond donors (Lipinski definition) is 1. The number of hydrogen-bond acceptors (Lipinski definition) is 7. The lowest BCUT2D eigenvalue weighted by atomic mass is 10.0. The van der Waals surface area contributed by atoms with E-state index in [1.54, 1.807) is 0 Å². The van der Waals surface area contributed by atoms with E-state index in [1.165, 1.54) is 57.8 Å². The molecule has 2 atom stereocenters. The van der Waals surface area contributed by atoms with Crippen molar-refractivity contribution in [3.05, 3.63) is 35.9 Å². The SMILES string of the molecule is CCCCCCCCCC(CCCCCC)OC(=O)OCCCCCCOCC(COCc1ccccc1)OCCCCCCO. The minimum Gasteiger partial charge on any atom is -0.434 e. The quantitative estimate of drug-likeness (QED) is 0.0587. The summed E-state index contributed by atoms with van der Waals surface area (Å²) >= 11 is 0. The number of carbonyl (C=O) groups excluding carboxylic acids is 1. The molecule has 46 heavy (non-hydrogen) atoms. The van der Waals surface area contributed by atoms with Crippen LogP contribution < -0.4 is 0 Å². The minimum atomic E-state index is -0.499. The van der Waals surface area contributed by atoms with Crippen LogP contribution in [0.15, 0.2) is 30.3 Å². The van der Waals surface area contributed by atoms with Crippen LogP contribution in [-0.2, 0) is 30.3 Å². The monoisotopic (exact) mass is 651 g/mol. The van der Waals surface area contributed by atoms with Crippen molar-refractivity contribution in [2.24, 2.45) is 0 Å². The molecular formula is C39H70O7. The summed E-state index contributed by atoms with van der Waals surface area (Å²) in [5.74, 6) is 0. The molecule has 0 bridgehead atoms. The Labute approximate surface area is 282 Å². The highest BCUT2D eigenvalue weighted by molar-refractivity contribution is 5.60. The molecule has 7 heteroatoms. The summed E-state index contributed by atoms with van der Waals surface area (Å²) in [6.45, 7) is 8.06. The summed E-state index contributed by atoms with van der Waals surface area (Å²) < 4.78 is 29.1. The fourth-order valence-corrected chi connectivity index (χ4v) is 5.43. The number of rotatable bonds is 34. The number of ether oxygens (including phenoxy) is 5. The zero-order valence-corrected chi connectivity index (χ0v) is 29.7. The van der Waals surface area contributed by atoms with Gasteiger partial charge in [0.1, 0.15) is 12.2 Å². The highest BCUT2D eigenvalue weighted by Crippen LogP contribution is 2.17. The standard InChI is InChI=1S/C39H70O7/c1-3-5-7-9-10-11-20-28-37(27-19-8-6-4-2)46-39(41)45-32-24-15-14-22-30-42-34-38(44-31-23-13-12-21-29-40)35-43-33-36-25-17-16-18-26-36/h16-18,25-26,37-38,40H,3-15,19-24,27-35H2,1-2H3. The number of aliphatic hydroxyl groups excluding tert-OH is 1. The summed E-state index contributed by atoms with van der Waals surface area (Å²) in [5, 5.41) is 8.95. The third-order valence-corrected chi connectivity index (χ3v) is 8.30. The highest BCUT2D eigenvalue weighted by Gasteiger charge is 2.15. The maximum absolute atomic E-state index is 12.4. The molecule has 0 aliphatic heterocycles. The Morgan fingerprint density at radius 3 is 1.83 bits per heavy atom. The molecule has 0 heterocycles. The molecule has 0 aliphatic rings. The molecule has 0 spiro atoms. The molecule has 268 valence electrons. The fourth-order valence-electron chi connectivity index (χ4n) is 5.43. The first-order valence-electron chi connectivity index (χ1n) is 18.9. The van der Waals surface area contributed by atoms with E-state index in [0.717, 1.165) is 82.6 Å². The summed E-state index contributed by atoms with van der Waals surface area (Å²) in [6, 6.07) is 10.2. The first-order valence-corrected chi connectivity index (χ1v) is 18.9. The predicted octanol–water partition coefficient (Wildman–Crippen LogP) is 10.4. The van der Waals surface area contributed by atoms with Gasteiger partial charge in [-0.3, -0.25) is 0 Å². The highest BCUT2D eigenvalue weighted by atomic mass is 16.7. The van der Waals surface area contributed by atoms with Crippen molar-refractivity contribution in [3.8, 4) is 0 Å². The zero-order chi connectivity index (χ0) is 33.2. The van der Waals surface area contributed by atoms with Gasteiger partial charge in [0.25, 0.3) is 0 Å². The van der Waals surface area contributed by atoms with Gasteiger partial charge in [-0.15, -0.1) is 0 Å². The molecule has 7 nitrogen and oxygen atoms in total. The number of aliphatic hydroxyl groups is 1. The van der Waals surface area contributed by atoms with E-state index in [4.69, 9.17) is 28.8 Å². The minimum absolute atomic E-state index is 0.0139. The third kappa shape index (κ3) is 27.4. The van der Waals surface area contributed by atoms with E-state index in [0.29, 0.717) is 39.6 Å². The van der Waals surface area contributed by atoms with Gasteiger partial charge >= 0.3 is 6.16 Å². The Bertz CT molecular complexity index is 760. The van der Waals surface area contributed by atoms with E-state index in [1.807, 2.05) is 18.2 Å². The van der Waals surface area contributed by atoms with Crippen molar-refractivity contribution in [3.63, 3.8) is 0 Å². The molecule has 0 amide bonds. The number of unbranched alkanes of at least 4 members (excludes halogenated alkanes) is 15. The van der Waals surface area contributed by atoms with E-state index in [2.05, 4.69) is 26.0 Å². The van der Waals surface area contributed by atoms with Gasteiger partial charge in [0.15, 0.2) is 0 Å². The van der Waals surface area contributed by atoms with Crippen LogP contribution in [0.1, 0.15) is 154 Å². The predicted molar refractivity (Wildman–Crippen MR) is 188 cm³/mol. The maximum Gasteiger partial charge on any atom is 0.508 e. The van der Waals surface area contributed by atoms with Gasteiger partial charge in [0, 0.05) is 19.8 Å². The molecule has 1 aromatic rings. The van der Waals surface area contributed by atoms with Gasteiger partial charge in [-0.25, -0.2) is 4.79 Å². The largest absolute Gasteiger partial charge is 0.508 e. The molecule has 2 unspecified atom stereocenters. The molecule has 1 rings (SSSR count). The first kappa shape index (κ1) is 42.4. The molecule has 0 aromatic heterocycles. The van der Waals surface area contributed by atoms with E-state index >= 15 is 0 Å². The zero-order valence-electron chi connectivity index (χ0n) is 29.7. The number of benzene rings is 1. The summed E-state index contributed by atoms with van der Waals surface area (Å²) in [6.07, 6.45) is 22.7. The lowest BCUT2D eigenvalue weighted by Gasteiger charge is -2.18. The Balaban J connectivity index is 2.19. The van der Waals surface area contributed by atoms with Crippen molar-refractivity contribution >= 4 is 6.16 Å². The lowest BCUT2D eigenvalue weighted by Crippen LogP contribution is -2.26. The average Bonchev–Trinajstić information content (AvgIpc) is 3.07. The molecule has 0 fully saturated rings. The van der Waals surface area contributed by atoms with Crippen LogP contribution in [0.4, 0.5) is 4.79 Å². The summed E-state index contributed by atoms with van der Waals surface area (Å²) in [4.78, 5) is 12.4. The Morgan fingerprint density at radius 2 is 1.15 bits per heavy atom. The van der Waals surface area contributed by atoms with Gasteiger partial charge in [-0.2, -0.15) is 0 Å². The Kier molecular flexibility index (Phi) is 30.6. The van der Waals surface area contributed by atoms with E-state index < -0.39 is 6.16 Å².